The number of sulfonamides is 1. The van der Waals surface area contributed by atoms with Crippen molar-refractivity contribution in [3.63, 3.8) is 0 Å². The molecule has 0 saturated heterocycles. The number of nitrogens with zero attached hydrogens (tertiary/aromatic N) is 3. The molecule has 0 unspecified atom stereocenters. The van der Waals surface area contributed by atoms with Gasteiger partial charge in [0, 0.05) is 31.3 Å². The summed E-state index contributed by atoms with van der Waals surface area (Å²) in [6.45, 7) is 2.83. The van der Waals surface area contributed by atoms with E-state index in [0.717, 1.165) is 23.3 Å². The Kier molecular flexibility index (Phi) is 5.15. The van der Waals surface area contributed by atoms with Crippen LogP contribution in [0.25, 0.3) is 0 Å². The van der Waals surface area contributed by atoms with Crippen molar-refractivity contribution in [3.05, 3.63) is 71.4 Å². The predicted molar refractivity (Wildman–Crippen MR) is 102 cm³/mol. The molecular weight excluding hydrogens is 378 g/mol. The van der Waals surface area contributed by atoms with Crippen LogP contribution in [-0.4, -0.2) is 29.4 Å². The van der Waals surface area contributed by atoms with Crippen molar-refractivity contribution < 1.29 is 17.7 Å². The van der Waals surface area contributed by atoms with Crippen LogP contribution in [0.4, 0.5) is 0 Å². The fraction of sp³-hybridized carbons (Fsp3) is 0.300. The highest BCUT2D eigenvalue weighted by atomic mass is 32.2. The van der Waals surface area contributed by atoms with Gasteiger partial charge in [0.1, 0.15) is 23.8 Å². The Morgan fingerprint density at radius 3 is 2.75 bits per heavy atom. The van der Waals surface area contributed by atoms with Crippen LogP contribution in [0.1, 0.15) is 29.5 Å². The van der Waals surface area contributed by atoms with Crippen molar-refractivity contribution >= 4 is 10.0 Å². The van der Waals surface area contributed by atoms with E-state index in [0.29, 0.717) is 29.3 Å². The number of benzene rings is 1. The van der Waals surface area contributed by atoms with Gasteiger partial charge in [0.2, 0.25) is 10.0 Å². The molecule has 146 valence electrons. The topological polar surface area (TPSA) is 85.5 Å². The normalized spacial score (nSPS) is 14.6. The van der Waals surface area contributed by atoms with Crippen LogP contribution in [0.2, 0.25) is 0 Å². The number of hydrogen-bond donors (Lipinski definition) is 0. The molecule has 0 bridgehead atoms. The van der Waals surface area contributed by atoms with Crippen molar-refractivity contribution in [2.24, 2.45) is 0 Å². The van der Waals surface area contributed by atoms with Crippen LogP contribution in [0.15, 0.2) is 58.2 Å². The van der Waals surface area contributed by atoms with Crippen LogP contribution in [0.5, 0.6) is 5.75 Å². The number of aryl methyl sites for hydroxylation is 1. The minimum atomic E-state index is -3.58. The molecule has 0 amide bonds. The summed E-state index contributed by atoms with van der Waals surface area (Å²) in [6.07, 6.45) is 4.64. The zero-order chi connectivity index (χ0) is 19.6. The fourth-order valence-electron chi connectivity index (χ4n) is 3.19. The third kappa shape index (κ3) is 3.65. The molecule has 0 fully saturated rings. The van der Waals surface area contributed by atoms with Crippen molar-refractivity contribution in [2.45, 2.75) is 37.8 Å². The maximum absolute atomic E-state index is 13.0. The van der Waals surface area contributed by atoms with Gasteiger partial charge in [0.15, 0.2) is 0 Å². The van der Waals surface area contributed by atoms with Crippen LogP contribution in [-0.2, 0) is 36.0 Å². The van der Waals surface area contributed by atoms with Crippen LogP contribution < -0.4 is 4.74 Å². The summed E-state index contributed by atoms with van der Waals surface area (Å²) in [7, 11) is -3.58. The van der Waals surface area contributed by atoms with Crippen LogP contribution >= 0.6 is 0 Å². The van der Waals surface area contributed by atoms with E-state index in [1.807, 2.05) is 19.1 Å². The lowest BCUT2D eigenvalue weighted by atomic mass is 10.1. The summed E-state index contributed by atoms with van der Waals surface area (Å²) in [5.41, 5.74) is 2.50. The van der Waals surface area contributed by atoms with Crippen molar-refractivity contribution in [2.75, 3.05) is 6.54 Å². The SMILES string of the molecule is CCc1ccc(S(=O)(=O)N2CCc3onc(COc4cccnc4)c3C2)cc1. The Morgan fingerprint density at radius 2 is 2.04 bits per heavy atom. The van der Waals surface area contributed by atoms with Gasteiger partial charge in [-0.3, -0.25) is 4.98 Å². The minimum Gasteiger partial charge on any atom is -0.486 e. The molecule has 0 spiro atoms. The number of hydrogen-bond acceptors (Lipinski definition) is 6. The Bertz CT molecular complexity index is 1050. The molecule has 0 atom stereocenters. The number of pyridine rings is 1. The first kappa shape index (κ1) is 18.6. The zero-order valence-electron chi connectivity index (χ0n) is 15.5. The van der Waals surface area contributed by atoms with Crippen molar-refractivity contribution in [3.8, 4) is 5.75 Å². The molecule has 3 aromatic rings. The first-order valence-electron chi connectivity index (χ1n) is 9.16. The maximum Gasteiger partial charge on any atom is 0.243 e. The van der Waals surface area contributed by atoms with Gasteiger partial charge < -0.3 is 9.26 Å². The highest BCUT2D eigenvalue weighted by Crippen LogP contribution is 2.28. The monoisotopic (exact) mass is 399 g/mol. The van der Waals surface area contributed by atoms with E-state index in [-0.39, 0.29) is 13.2 Å². The molecule has 0 aliphatic carbocycles. The van der Waals surface area contributed by atoms with Gasteiger partial charge in [0.05, 0.1) is 11.1 Å². The average Bonchev–Trinajstić information content (AvgIpc) is 3.15. The second-order valence-corrected chi connectivity index (χ2v) is 8.53. The van der Waals surface area contributed by atoms with E-state index in [4.69, 9.17) is 9.26 Å². The Labute approximate surface area is 164 Å². The van der Waals surface area contributed by atoms with E-state index in [1.54, 1.807) is 36.7 Å². The zero-order valence-corrected chi connectivity index (χ0v) is 16.4. The lowest BCUT2D eigenvalue weighted by Gasteiger charge is -2.25. The summed E-state index contributed by atoms with van der Waals surface area (Å²) in [4.78, 5) is 4.31. The minimum absolute atomic E-state index is 0.198. The lowest BCUT2D eigenvalue weighted by molar-refractivity contribution is 0.286. The first-order valence-corrected chi connectivity index (χ1v) is 10.6. The van der Waals surface area contributed by atoms with Gasteiger partial charge in [-0.25, -0.2) is 8.42 Å². The first-order chi connectivity index (χ1) is 13.6. The Morgan fingerprint density at radius 1 is 1.21 bits per heavy atom. The third-order valence-corrected chi connectivity index (χ3v) is 6.71. The molecule has 28 heavy (non-hydrogen) atoms. The summed E-state index contributed by atoms with van der Waals surface area (Å²) in [5.74, 6) is 1.34. The molecule has 1 aliphatic heterocycles. The molecule has 1 aromatic carbocycles. The van der Waals surface area contributed by atoms with Gasteiger partial charge >= 0.3 is 0 Å². The number of fused-ring (bicyclic) bond motifs is 1. The van der Waals surface area contributed by atoms with Gasteiger partial charge in [0.25, 0.3) is 0 Å². The summed E-state index contributed by atoms with van der Waals surface area (Å²) in [5, 5.41) is 4.08. The smallest absolute Gasteiger partial charge is 0.243 e. The molecule has 8 heteroatoms. The summed E-state index contributed by atoms with van der Waals surface area (Å²) in [6, 6.07) is 10.6. The predicted octanol–water partition coefficient (Wildman–Crippen LogP) is 2.96. The van der Waals surface area contributed by atoms with Gasteiger partial charge in [-0.1, -0.05) is 24.2 Å². The van der Waals surface area contributed by atoms with Crippen molar-refractivity contribution in [1.29, 1.82) is 0 Å². The highest BCUT2D eigenvalue weighted by molar-refractivity contribution is 7.89. The molecule has 0 N–H and O–H groups in total. The second-order valence-electron chi connectivity index (χ2n) is 6.59. The van der Waals surface area contributed by atoms with E-state index in [2.05, 4.69) is 10.1 Å². The number of ether oxygens (including phenoxy) is 1. The molecule has 2 aromatic heterocycles. The average molecular weight is 399 g/mol. The molecule has 7 nitrogen and oxygen atoms in total. The molecule has 1 aliphatic rings. The molecule has 0 saturated carbocycles. The highest BCUT2D eigenvalue weighted by Gasteiger charge is 2.32. The van der Waals surface area contributed by atoms with Gasteiger partial charge in [-0.15, -0.1) is 0 Å². The van der Waals surface area contributed by atoms with E-state index < -0.39 is 10.0 Å². The van der Waals surface area contributed by atoms with Crippen LogP contribution in [0.3, 0.4) is 0 Å². The van der Waals surface area contributed by atoms with E-state index in [1.165, 1.54) is 4.31 Å². The number of aromatic nitrogens is 2. The Hall–Kier alpha value is -2.71. The second kappa shape index (κ2) is 7.73. The lowest BCUT2D eigenvalue weighted by Crippen LogP contribution is -2.36. The standard InChI is InChI=1S/C20H21N3O4S/c1-2-15-5-7-17(8-6-15)28(24,25)23-11-9-20-18(13-23)19(22-27-20)14-26-16-4-3-10-21-12-16/h3-8,10,12H,2,9,11,13-14H2,1H3. The molecule has 3 heterocycles. The third-order valence-electron chi connectivity index (χ3n) is 4.85. The maximum atomic E-state index is 13.0. The summed E-state index contributed by atoms with van der Waals surface area (Å²) < 4.78 is 38.7. The molecular formula is C20H21N3O4S. The van der Waals surface area contributed by atoms with E-state index >= 15 is 0 Å². The van der Waals surface area contributed by atoms with Gasteiger partial charge in [-0.05, 0) is 36.2 Å². The van der Waals surface area contributed by atoms with Crippen molar-refractivity contribution in [1.82, 2.24) is 14.4 Å². The quantitative estimate of drug-likeness (QED) is 0.633. The van der Waals surface area contributed by atoms with Crippen LogP contribution in [0, 0.1) is 0 Å². The number of rotatable bonds is 6. The van der Waals surface area contributed by atoms with Gasteiger partial charge in [-0.2, -0.15) is 4.31 Å². The Balaban J connectivity index is 1.52. The molecule has 0 radical (unpaired) electrons. The summed E-state index contributed by atoms with van der Waals surface area (Å²) >= 11 is 0. The molecule has 4 rings (SSSR count). The van der Waals surface area contributed by atoms with E-state index in [9.17, 15) is 8.42 Å². The largest absolute Gasteiger partial charge is 0.486 e. The fourth-order valence-corrected chi connectivity index (χ4v) is 4.60.